The molecule has 0 aliphatic rings. The summed E-state index contributed by atoms with van der Waals surface area (Å²) >= 11 is 0. The summed E-state index contributed by atoms with van der Waals surface area (Å²) in [4.78, 5) is 11.6. The predicted octanol–water partition coefficient (Wildman–Crippen LogP) is 3.22. The molecule has 94 valence electrons. The lowest BCUT2D eigenvalue weighted by atomic mass is 10.2. The van der Waals surface area contributed by atoms with Gasteiger partial charge in [0.1, 0.15) is 5.60 Å². The first kappa shape index (κ1) is 13.6. The Morgan fingerprint density at radius 2 is 1.88 bits per heavy atom. The Morgan fingerprint density at radius 3 is 2.41 bits per heavy atom. The average molecular weight is 235 g/mol. The van der Waals surface area contributed by atoms with Crippen molar-refractivity contribution in [2.75, 3.05) is 5.32 Å². The molecule has 0 radical (unpaired) electrons. The van der Waals surface area contributed by atoms with Gasteiger partial charge in [0, 0.05) is 11.7 Å². The second kappa shape index (κ2) is 5.71. The third-order valence-electron chi connectivity index (χ3n) is 2.08. The number of nitrogens with one attached hydrogen (secondary N) is 1. The normalized spacial score (nSPS) is 12.9. The molecule has 1 N–H and O–H groups in total. The summed E-state index contributed by atoms with van der Waals surface area (Å²) in [5, 5.41) is 3.26. The van der Waals surface area contributed by atoms with Crippen LogP contribution in [0.3, 0.4) is 0 Å². The molecule has 0 spiro atoms. The van der Waals surface area contributed by atoms with Gasteiger partial charge in [0.05, 0.1) is 6.42 Å². The first-order valence-electron chi connectivity index (χ1n) is 5.90. The Kier molecular flexibility index (Phi) is 4.55. The van der Waals surface area contributed by atoms with Gasteiger partial charge in [-0.3, -0.25) is 4.79 Å². The van der Waals surface area contributed by atoms with Gasteiger partial charge >= 0.3 is 5.97 Å². The number of hydrogen-bond acceptors (Lipinski definition) is 3. The van der Waals surface area contributed by atoms with Crippen LogP contribution in [-0.4, -0.2) is 17.6 Å². The third-order valence-corrected chi connectivity index (χ3v) is 2.08. The van der Waals surface area contributed by atoms with Crippen molar-refractivity contribution in [3.8, 4) is 0 Å². The number of rotatable bonds is 4. The van der Waals surface area contributed by atoms with Crippen LogP contribution >= 0.6 is 0 Å². The fourth-order valence-electron chi connectivity index (χ4n) is 1.50. The molecule has 0 bridgehead atoms. The molecule has 0 aromatic heterocycles. The van der Waals surface area contributed by atoms with Gasteiger partial charge in [0.2, 0.25) is 0 Å². The first-order chi connectivity index (χ1) is 7.87. The minimum absolute atomic E-state index is 0.0623. The van der Waals surface area contributed by atoms with E-state index in [1.807, 2.05) is 58.0 Å². The molecular formula is C14H21NO2. The Balaban J connectivity index is 2.40. The van der Waals surface area contributed by atoms with Crippen molar-refractivity contribution in [3.63, 3.8) is 0 Å². The van der Waals surface area contributed by atoms with Gasteiger partial charge in [0.25, 0.3) is 0 Å². The van der Waals surface area contributed by atoms with Crippen molar-refractivity contribution in [3.05, 3.63) is 30.3 Å². The van der Waals surface area contributed by atoms with E-state index in [1.54, 1.807) is 0 Å². The number of benzene rings is 1. The number of esters is 1. The molecule has 1 atom stereocenters. The van der Waals surface area contributed by atoms with Gasteiger partial charge in [0.15, 0.2) is 0 Å². The molecule has 0 unspecified atom stereocenters. The second-order valence-corrected chi connectivity index (χ2v) is 5.20. The van der Waals surface area contributed by atoms with E-state index in [0.717, 1.165) is 5.69 Å². The zero-order valence-electron chi connectivity index (χ0n) is 11.0. The number of ether oxygens (including phenoxy) is 1. The molecule has 3 heteroatoms. The van der Waals surface area contributed by atoms with Crippen LogP contribution < -0.4 is 5.32 Å². The van der Waals surface area contributed by atoms with Crippen molar-refractivity contribution < 1.29 is 9.53 Å². The SMILES string of the molecule is C[C@@H](CC(=O)OC(C)(C)C)Nc1ccccc1. The van der Waals surface area contributed by atoms with Crippen LogP contribution in [0, 0.1) is 0 Å². The fraction of sp³-hybridized carbons (Fsp3) is 0.500. The van der Waals surface area contributed by atoms with Crippen LogP contribution in [-0.2, 0) is 9.53 Å². The highest BCUT2D eigenvalue weighted by Gasteiger charge is 2.18. The molecule has 0 saturated heterocycles. The van der Waals surface area contributed by atoms with Crippen molar-refractivity contribution >= 4 is 11.7 Å². The standard InChI is InChI=1S/C14H21NO2/c1-11(10-13(16)17-14(2,3)4)15-12-8-6-5-7-9-12/h5-9,11,15H,10H2,1-4H3/t11-/m0/s1. The smallest absolute Gasteiger partial charge is 0.308 e. The zero-order valence-corrected chi connectivity index (χ0v) is 11.0. The van der Waals surface area contributed by atoms with E-state index < -0.39 is 5.60 Å². The van der Waals surface area contributed by atoms with E-state index in [1.165, 1.54) is 0 Å². The highest BCUT2D eigenvalue weighted by Crippen LogP contribution is 2.12. The third kappa shape index (κ3) is 5.95. The van der Waals surface area contributed by atoms with Gasteiger partial charge in [-0.1, -0.05) is 18.2 Å². The first-order valence-corrected chi connectivity index (χ1v) is 5.90. The number of carbonyl (C=O) groups is 1. The highest BCUT2D eigenvalue weighted by molar-refractivity contribution is 5.71. The summed E-state index contributed by atoms with van der Waals surface area (Å²) < 4.78 is 5.27. The number of anilines is 1. The van der Waals surface area contributed by atoms with E-state index in [0.29, 0.717) is 6.42 Å². The lowest BCUT2D eigenvalue weighted by Crippen LogP contribution is -2.28. The van der Waals surface area contributed by atoms with Gasteiger partial charge in [-0.2, -0.15) is 0 Å². The van der Waals surface area contributed by atoms with E-state index >= 15 is 0 Å². The molecule has 17 heavy (non-hydrogen) atoms. The molecule has 0 fully saturated rings. The largest absolute Gasteiger partial charge is 0.460 e. The van der Waals surface area contributed by atoms with Crippen LogP contribution in [0.25, 0.3) is 0 Å². The molecule has 0 saturated carbocycles. The number of hydrogen-bond donors (Lipinski definition) is 1. The highest BCUT2D eigenvalue weighted by atomic mass is 16.6. The van der Waals surface area contributed by atoms with Crippen molar-refractivity contribution in [1.82, 2.24) is 0 Å². The maximum atomic E-state index is 11.6. The van der Waals surface area contributed by atoms with Crippen LogP contribution in [0.5, 0.6) is 0 Å². The molecule has 1 rings (SSSR count). The van der Waals surface area contributed by atoms with Crippen LogP contribution in [0.2, 0.25) is 0 Å². The van der Waals surface area contributed by atoms with E-state index in [2.05, 4.69) is 5.32 Å². The Morgan fingerprint density at radius 1 is 1.29 bits per heavy atom. The molecular weight excluding hydrogens is 214 g/mol. The molecule has 0 heterocycles. The van der Waals surface area contributed by atoms with E-state index in [9.17, 15) is 4.79 Å². The summed E-state index contributed by atoms with van der Waals surface area (Å²) in [7, 11) is 0. The topological polar surface area (TPSA) is 38.3 Å². The summed E-state index contributed by atoms with van der Waals surface area (Å²) in [5.74, 6) is -0.173. The summed E-state index contributed by atoms with van der Waals surface area (Å²) in [6.07, 6.45) is 0.367. The average Bonchev–Trinajstić information content (AvgIpc) is 2.15. The van der Waals surface area contributed by atoms with E-state index in [-0.39, 0.29) is 12.0 Å². The number of para-hydroxylation sites is 1. The molecule has 0 aliphatic heterocycles. The molecule has 0 amide bonds. The van der Waals surface area contributed by atoms with Gasteiger partial charge < -0.3 is 10.1 Å². The predicted molar refractivity (Wildman–Crippen MR) is 70.0 cm³/mol. The van der Waals surface area contributed by atoms with Crippen LogP contribution in [0.1, 0.15) is 34.1 Å². The van der Waals surface area contributed by atoms with E-state index in [4.69, 9.17) is 4.74 Å². The lowest BCUT2D eigenvalue weighted by molar-refractivity contribution is -0.154. The molecule has 0 aliphatic carbocycles. The minimum atomic E-state index is -0.413. The summed E-state index contributed by atoms with van der Waals surface area (Å²) in [5.41, 5.74) is 0.604. The van der Waals surface area contributed by atoms with Gasteiger partial charge in [-0.15, -0.1) is 0 Å². The zero-order chi connectivity index (χ0) is 12.9. The van der Waals surface area contributed by atoms with Gasteiger partial charge in [-0.05, 0) is 39.8 Å². The molecule has 1 aromatic rings. The Bertz CT molecular complexity index is 354. The maximum Gasteiger partial charge on any atom is 0.308 e. The Hall–Kier alpha value is -1.51. The fourth-order valence-corrected chi connectivity index (χ4v) is 1.50. The summed E-state index contributed by atoms with van der Waals surface area (Å²) in [6.45, 7) is 7.59. The number of carbonyl (C=O) groups excluding carboxylic acids is 1. The van der Waals surface area contributed by atoms with Gasteiger partial charge in [-0.25, -0.2) is 0 Å². The van der Waals surface area contributed by atoms with Crippen LogP contribution in [0.15, 0.2) is 30.3 Å². The lowest BCUT2D eigenvalue weighted by Gasteiger charge is -2.21. The van der Waals surface area contributed by atoms with Crippen molar-refractivity contribution in [2.24, 2.45) is 0 Å². The molecule has 3 nitrogen and oxygen atoms in total. The van der Waals surface area contributed by atoms with Crippen molar-refractivity contribution in [2.45, 2.75) is 45.8 Å². The van der Waals surface area contributed by atoms with Crippen LogP contribution in [0.4, 0.5) is 5.69 Å². The Labute approximate surface area is 103 Å². The second-order valence-electron chi connectivity index (χ2n) is 5.20. The minimum Gasteiger partial charge on any atom is -0.460 e. The quantitative estimate of drug-likeness (QED) is 0.814. The molecule has 1 aromatic carbocycles. The summed E-state index contributed by atoms with van der Waals surface area (Å²) in [6, 6.07) is 9.90. The monoisotopic (exact) mass is 235 g/mol. The maximum absolute atomic E-state index is 11.6. The van der Waals surface area contributed by atoms with Crippen molar-refractivity contribution in [1.29, 1.82) is 0 Å².